The van der Waals surface area contributed by atoms with E-state index in [9.17, 15) is 142 Å². The van der Waals surface area contributed by atoms with Gasteiger partial charge in [-0.15, -0.1) is 0 Å². The average molecular weight is 1730 g/mol. The molecule has 0 aliphatic carbocycles. The number of aliphatic hydroxyl groups is 20. The first-order valence-corrected chi connectivity index (χ1v) is 37.5. The first-order chi connectivity index (χ1) is 58.1. The van der Waals surface area contributed by atoms with Crippen molar-refractivity contribution in [3.8, 4) is 57.5 Å². The summed E-state index contributed by atoms with van der Waals surface area (Å²) in [5.41, 5.74) is 0.407. The Morgan fingerprint density at radius 2 is 0.689 bits per heavy atom. The van der Waals surface area contributed by atoms with Crippen LogP contribution < -0.4 is 23.7 Å². The van der Waals surface area contributed by atoms with E-state index in [1.165, 1.54) is 60.7 Å². The Hall–Kier alpha value is -9.81. The number of hydrogen-bond acceptors (Lipinski definition) is 44. The van der Waals surface area contributed by atoms with Gasteiger partial charge < -0.3 is 203 Å². The van der Waals surface area contributed by atoms with Crippen LogP contribution in [0.2, 0.25) is 0 Å². The first kappa shape index (κ1) is 91.4. The van der Waals surface area contributed by atoms with Crippen molar-refractivity contribution in [3.63, 3.8) is 0 Å². The number of carbonyl (C=O) groups is 3. The van der Waals surface area contributed by atoms with Crippen molar-refractivity contribution in [2.45, 2.75) is 190 Å². The summed E-state index contributed by atoms with van der Waals surface area (Å²) >= 11 is 0. The molecule has 5 aromatic rings. The van der Waals surface area contributed by atoms with Gasteiger partial charge >= 0.3 is 17.9 Å². The number of ether oxygens (including phenoxy) is 16. The van der Waals surface area contributed by atoms with E-state index in [0.29, 0.717) is 0 Å². The van der Waals surface area contributed by atoms with Crippen LogP contribution in [-0.2, 0) is 66.5 Å². The third kappa shape index (κ3) is 20.8. The molecule has 31 atom stereocenters. The maximum atomic E-state index is 13.6. The lowest BCUT2D eigenvalue weighted by Crippen LogP contribution is -2.64. The zero-order valence-electron chi connectivity index (χ0n) is 63.3. The summed E-state index contributed by atoms with van der Waals surface area (Å²) in [5, 5.41) is 267. The minimum absolute atomic E-state index is 0.0618. The van der Waals surface area contributed by atoms with Gasteiger partial charge in [0.1, 0.15) is 189 Å². The fourth-order valence-electron chi connectivity index (χ4n) is 13.5. The number of hydrogen-bond donors (Lipinski definition) is 25. The second-order valence-electron chi connectivity index (χ2n) is 28.9. The van der Waals surface area contributed by atoms with Crippen molar-refractivity contribution in [1.29, 1.82) is 0 Å². The molecule has 1 unspecified atom stereocenters. The van der Waals surface area contributed by atoms with E-state index in [1.807, 2.05) is 0 Å². The highest BCUT2D eigenvalue weighted by Crippen LogP contribution is 2.47. The Kier molecular flexibility index (Phi) is 29.8. The quantitative estimate of drug-likeness (QED) is 0.0126. The summed E-state index contributed by atoms with van der Waals surface area (Å²) in [5.74, 6) is -7.84. The van der Waals surface area contributed by atoms with Crippen LogP contribution in [0.15, 0.2) is 115 Å². The Labute approximate surface area is 688 Å². The van der Waals surface area contributed by atoms with Gasteiger partial charge in [-0.3, -0.25) is 0 Å². The van der Waals surface area contributed by atoms with Crippen LogP contribution in [-0.4, -0.2) is 369 Å². The fourth-order valence-corrected chi connectivity index (χ4v) is 13.5. The van der Waals surface area contributed by atoms with Crippen LogP contribution in [0.3, 0.4) is 0 Å². The second kappa shape index (κ2) is 39.8. The smallest absolute Gasteiger partial charge is 0.330 e. The van der Waals surface area contributed by atoms with Crippen molar-refractivity contribution >= 4 is 42.2 Å². The number of aromatic hydroxyl groups is 5. The van der Waals surface area contributed by atoms with E-state index in [2.05, 4.69) is 0 Å². The van der Waals surface area contributed by atoms with Gasteiger partial charge in [0.2, 0.25) is 31.5 Å². The molecule has 122 heavy (non-hydrogen) atoms. The number of esters is 3. The normalized spacial score (nSPS) is 35.4. The van der Waals surface area contributed by atoms with Crippen LogP contribution in [0.25, 0.3) is 24.3 Å². The van der Waals surface area contributed by atoms with Gasteiger partial charge in [-0.05, 0) is 89.5 Å². The molecule has 0 spiro atoms. The number of fused-ring (bicyclic) bond motifs is 1. The van der Waals surface area contributed by atoms with Gasteiger partial charge in [-0.25, -0.2) is 14.4 Å². The summed E-state index contributed by atoms with van der Waals surface area (Å²) < 4.78 is 91.7. The van der Waals surface area contributed by atoms with Crippen molar-refractivity contribution in [2.75, 3.05) is 39.6 Å². The largest absolute Gasteiger partial charge is 0.508 e. The van der Waals surface area contributed by atoms with E-state index in [-0.39, 0.29) is 62.3 Å². The number of carbonyl (C=O) groups excluding carboxylic acids is 3. The molecule has 7 heterocycles. The van der Waals surface area contributed by atoms with Gasteiger partial charge in [0.15, 0.2) is 53.0 Å². The Bertz CT molecular complexity index is 4520. The molecule has 0 aromatic heterocycles. The van der Waals surface area contributed by atoms with Crippen molar-refractivity contribution in [3.05, 3.63) is 143 Å². The predicted molar refractivity (Wildman–Crippen MR) is 396 cm³/mol. The highest BCUT2D eigenvalue weighted by atomic mass is 16.8. The molecule has 12 rings (SSSR count). The van der Waals surface area contributed by atoms with Gasteiger partial charge in [0.25, 0.3) is 0 Å². The van der Waals surface area contributed by atoms with Crippen LogP contribution in [0.4, 0.5) is 0 Å². The summed E-state index contributed by atoms with van der Waals surface area (Å²) in [6.07, 6.45) is -50.8. The lowest BCUT2D eigenvalue weighted by atomic mass is 9.97. The summed E-state index contributed by atoms with van der Waals surface area (Å²) in [7, 11) is 0. The zero-order chi connectivity index (χ0) is 88.0. The number of rotatable bonds is 28. The zero-order valence-corrected chi connectivity index (χ0v) is 63.3. The SMILES string of the molecule is O=C(/C=C/c1ccc(O)c(O[C@@H]2O[C@@H](CO)[C@@H](O)[C@H](O)[C@@H]2O)c1)OC[C@@H]1O[C@@H](O[C@@H]2[C@H](OC3=Cc4c(cc(O)cc4O[C@@H]4O[C@H](CO)[C@@H](O)[C@H](O)[C@H]4O)OC3c3ccc(O)cc3)O[C@@H](COC(=O)/C=C/c3ccc(O[C@@H]4O[C@H](COC(=O)/C=C/c5ccc(O)c(O[C@@H]6O[C@H](CO)[C@@H](O)[C@H](O)[C@H]6O)c5)[C@@H](O)[C@H](O)[C@H]4O)c(O)c3)[C@@H](O)[C@@H]2O)[C@H](O)[C@@H](O)[C@@H]1O. The van der Waals surface area contributed by atoms with Gasteiger partial charge in [0.05, 0.1) is 25.4 Å². The number of benzene rings is 5. The topological polar surface area (TPSA) is 705 Å². The highest BCUT2D eigenvalue weighted by molar-refractivity contribution is 5.88. The molecule has 0 radical (unpaired) electrons. The van der Waals surface area contributed by atoms with E-state index in [4.69, 9.17) is 75.8 Å². The molecule has 44 heteroatoms. The molecule has 7 aliphatic rings. The van der Waals surface area contributed by atoms with Crippen molar-refractivity contribution < 1.29 is 218 Å². The molecule has 0 amide bonds. The van der Waals surface area contributed by atoms with E-state index in [1.54, 1.807) is 0 Å². The molecule has 6 saturated heterocycles. The fraction of sp³-hybridized carbons (Fsp3) is 0.474. The van der Waals surface area contributed by atoms with Gasteiger partial charge in [-0.1, -0.05) is 30.3 Å². The second-order valence-corrected chi connectivity index (χ2v) is 28.9. The van der Waals surface area contributed by atoms with E-state index < -0.39 is 277 Å². The number of phenols is 5. The van der Waals surface area contributed by atoms with E-state index >= 15 is 0 Å². The summed E-state index contributed by atoms with van der Waals surface area (Å²) in [4.78, 5) is 39.8. The number of aliphatic hydroxyl groups excluding tert-OH is 20. The van der Waals surface area contributed by atoms with Crippen LogP contribution in [0, 0.1) is 0 Å². The summed E-state index contributed by atoms with van der Waals surface area (Å²) in [6.45, 7) is -5.07. The number of phenolic OH excluding ortho intramolecular Hbond substituents is 5. The molecule has 5 aromatic carbocycles. The minimum atomic E-state index is -2.30. The first-order valence-electron chi connectivity index (χ1n) is 37.5. The lowest BCUT2D eigenvalue weighted by molar-refractivity contribution is -0.364. The minimum Gasteiger partial charge on any atom is -0.508 e. The van der Waals surface area contributed by atoms with Crippen molar-refractivity contribution in [2.24, 2.45) is 0 Å². The molecular weight excluding hydrogens is 1640 g/mol. The third-order valence-corrected chi connectivity index (χ3v) is 20.5. The maximum absolute atomic E-state index is 13.6. The Balaban J connectivity index is 0.730. The lowest BCUT2D eigenvalue weighted by Gasteiger charge is -2.46. The van der Waals surface area contributed by atoms with Crippen LogP contribution in [0.5, 0.6) is 57.5 Å². The van der Waals surface area contributed by atoms with Crippen molar-refractivity contribution in [1.82, 2.24) is 0 Å². The molecule has 6 fully saturated rings. The molecule has 0 bridgehead atoms. The molecule has 0 saturated carbocycles. The third-order valence-electron chi connectivity index (χ3n) is 20.5. The van der Waals surface area contributed by atoms with Crippen LogP contribution in [0.1, 0.15) is 33.9 Å². The average Bonchev–Trinajstić information content (AvgIpc) is 0.759. The molecule has 44 nitrogen and oxygen atoms in total. The Morgan fingerprint density at radius 1 is 0.328 bits per heavy atom. The monoisotopic (exact) mass is 1730 g/mol. The maximum Gasteiger partial charge on any atom is 0.330 e. The predicted octanol–water partition coefficient (Wildman–Crippen LogP) is -7.16. The highest BCUT2D eigenvalue weighted by Gasteiger charge is 2.55. The van der Waals surface area contributed by atoms with Gasteiger partial charge in [-0.2, -0.15) is 0 Å². The standard InChI is InChI=1S/C78H90O44/c79-23-45-54(90)60(96)66(102)74(116-45)112-41-21-34(83)20-40-35(41)22-44(71(110-40)32-7-9-33(82)10-8-32)115-78-72(122-77-70(106)64(100)58(94)49(120-77)27-108-53(89)16-6-31-2-12-37(85)43(19-31)114-76-68(104)62(98)56(92)47(25-81)118-76)65(101)59(95)50(121-78)28-109-51(87)14-4-29-3-13-39(38(86)17-29)111-73-69(105)63(99)57(93)48(119-73)26-107-52(88)15-5-30-1-11-36(84)42(18-30)113-75-67(103)61(97)55(91)46(24-80)117-75/h1-22,45-50,54-86,90-106H,23-28H2/b14-4+,15-5+,16-6+/t45-,46-,47+,48-,49+,50+,54-,55-,56-,57-,58-,59-,60+,61+,62+,63+,64+,65+,66-,67-,68+,69-,70-,71?,72+,73-,74-,75-,76-,77+,78-/m1/s1. The molecular formula is C78H90O44. The van der Waals surface area contributed by atoms with E-state index in [0.717, 1.165) is 72.8 Å². The Morgan fingerprint density at radius 3 is 1.11 bits per heavy atom. The van der Waals surface area contributed by atoms with Gasteiger partial charge in [0, 0.05) is 35.9 Å². The molecule has 7 aliphatic heterocycles. The molecule has 25 N–H and O–H groups in total. The summed E-state index contributed by atoms with van der Waals surface area (Å²) in [6, 6.07) is 18.0. The van der Waals surface area contributed by atoms with Crippen LogP contribution >= 0.6 is 0 Å². The molecule has 666 valence electrons.